The minimum Gasteiger partial charge on any atom is -0.356 e. The number of benzene rings is 1. The summed E-state index contributed by atoms with van der Waals surface area (Å²) in [5, 5.41) is 2.81. The Labute approximate surface area is 108 Å². The van der Waals surface area contributed by atoms with Gasteiger partial charge in [-0.2, -0.15) is 0 Å². The second-order valence-corrected chi connectivity index (χ2v) is 5.40. The third-order valence-corrected chi connectivity index (χ3v) is 3.73. The lowest BCUT2D eigenvalue weighted by Gasteiger charge is -2.43. The molecule has 1 aliphatic heterocycles. The second-order valence-electron chi connectivity index (χ2n) is 4.54. The fraction of sp³-hybridized carbons (Fsp3) is 0.417. The topological polar surface area (TPSA) is 32.3 Å². The monoisotopic (exact) mass is 300 g/mol. The number of hydrogen-bond donors (Lipinski definition) is 1. The minimum atomic E-state index is -0.665. The van der Waals surface area contributed by atoms with Crippen molar-refractivity contribution in [3.8, 4) is 0 Å². The Bertz CT molecular complexity index is 488. The number of carbonyl (C=O) groups is 1. The van der Waals surface area contributed by atoms with E-state index in [2.05, 4.69) is 21.2 Å². The van der Waals surface area contributed by atoms with E-state index in [1.807, 2.05) is 25.7 Å². The SMILES string of the molecule is CCN1c2cc(F)c(Br)cc2NC(=O)C1(C)C. The highest BCUT2D eigenvalue weighted by atomic mass is 79.9. The van der Waals surface area contributed by atoms with Crippen molar-refractivity contribution in [3.05, 3.63) is 22.4 Å². The average molecular weight is 301 g/mol. The smallest absolute Gasteiger partial charge is 0.249 e. The maximum atomic E-state index is 13.6. The molecule has 0 aliphatic carbocycles. The first-order valence-electron chi connectivity index (χ1n) is 5.46. The molecule has 0 atom stereocenters. The van der Waals surface area contributed by atoms with Gasteiger partial charge in [-0.1, -0.05) is 0 Å². The Morgan fingerprint density at radius 1 is 1.47 bits per heavy atom. The fourth-order valence-electron chi connectivity index (χ4n) is 2.12. The maximum absolute atomic E-state index is 13.6. The Balaban J connectivity index is 2.62. The maximum Gasteiger partial charge on any atom is 0.249 e. The third kappa shape index (κ3) is 1.82. The molecule has 0 spiro atoms. The van der Waals surface area contributed by atoms with E-state index in [-0.39, 0.29) is 11.7 Å². The van der Waals surface area contributed by atoms with Crippen LogP contribution >= 0.6 is 15.9 Å². The van der Waals surface area contributed by atoms with Gasteiger partial charge in [-0.15, -0.1) is 0 Å². The zero-order chi connectivity index (χ0) is 12.8. The van der Waals surface area contributed by atoms with Crippen LogP contribution in [-0.2, 0) is 4.79 Å². The number of nitrogens with zero attached hydrogens (tertiary/aromatic N) is 1. The van der Waals surface area contributed by atoms with E-state index in [0.717, 1.165) is 5.69 Å². The number of amides is 1. The average Bonchev–Trinajstić information content (AvgIpc) is 2.23. The van der Waals surface area contributed by atoms with Crippen LogP contribution in [-0.4, -0.2) is 18.0 Å². The Kier molecular flexibility index (Phi) is 2.89. The molecular weight excluding hydrogens is 287 g/mol. The summed E-state index contributed by atoms with van der Waals surface area (Å²) in [7, 11) is 0. The normalized spacial score (nSPS) is 17.7. The Morgan fingerprint density at radius 2 is 2.12 bits per heavy atom. The quantitative estimate of drug-likeness (QED) is 0.864. The van der Waals surface area contributed by atoms with Gasteiger partial charge >= 0.3 is 0 Å². The molecule has 2 rings (SSSR count). The molecule has 0 unspecified atom stereocenters. The zero-order valence-corrected chi connectivity index (χ0v) is 11.6. The Hall–Kier alpha value is -1.10. The van der Waals surface area contributed by atoms with E-state index in [4.69, 9.17) is 0 Å². The summed E-state index contributed by atoms with van der Waals surface area (Å²) in [4.78, 5) is 13.9. The molecule has 0 bridgehead atoms. The summed E-state index contributed by atoms with van der Waals surface area (Å²) in [6, 6.07) is 3.05. The summed E-state index contributed by atoms with van der Waals surface area (Å²) in [6.07, 6.45) is 0. The molecule has 3 nitrogen and oxygen atoms in total. The molecule has 0 radical (unpaired) electrons. The van der Waals surface area contributed by atoms with Crippen LogP contribution in [0.15, 0.2) is 16.6 Å². The molecule has 0 saturated heterocycles. The summed E-state index contributed by atoms with van der Waals surface area (Å²) >= 11 is 3.12. The first kappa shape index (κ1) is 12.4. The van der Waals surface area contributed by atoms with Crippen LogP contribution in [0.1, 0.15) is 20.8 Å². The number of halogens is 2. The molecule has 1 amide bonds. The van der Waals surface area contributed by atoms with E-state index in [9.17, 15) is 9.18 Å². The van der Waals surface area contributed by atoms with Gasteiger partial charge in [0.2, 0.25) is 5.91 Å². The Morgan fingerprint density at radius 3 is 2.71 bits per heavy atom. The van der Waals surface area contributed by atoms with Crippen molar-refractivity contribution < 1.29 is 9.18 Å². The number of anilines is 2. The minimum absolute atomic E-state index is 0.0784. The van der Waals surface area contributed by atoms with Crippen LogP contribution in [0, 0.1) is 5.82 Å². The highest BCUT2D eigenvalue weighted by Gasteiger charge is 2.39. The van der Waals surface area contributed by atoms with Gasteiger partial charge in [-0.25, -0.2) is 4.39 Å². The second kappa shape index (κ2) is 3.98. The van der Waals surface area contributed by atoms with Crippen molar-refractivity contribution in [2.45, 2.75) is 26.3 Å². The molecule has 0 saturated carbocycles. The van der Waals surface area contributed by atoms with Gasteiger partial charge in [0.15, 0.2) is 0 Å². The number of nitrogens with one attached hydrogen (secondary N) is 1. The lowest BCUT2D eigenvalue weighted by Crippen LogP contribution is -2.56. The van der Waals surface area contributed by atoms with Crippen LogP contribution in [0.4, 0.5) is 15.8 Å². The van der Waals surface area contributed by atoms with Crippen LogP contribution in [0.5, 0.6) is 0 Å². The molecule has 1 aromatic carbocycles. The largest absolute Gasteiger partial charge is 0.356 e. The molecule has 1 aliphatic rings. The van der Waals surface area contributed by atoms with Gasteiger partial charge in [0.05, 0.1) is 15.8 Å². The molecule has 17 heavy (non-hydrogen) atoms. The fourth-order valence-corrected chi connectivity index (χ4v) is 2.47. The standard InChI is InChI=1S/C12H14BrFN2O/c1-4-16-10-6-8(14)7(13)5-9(10)15-11(17)12(16,2)3/h5-6H,4H2,1-3H3,(H,15,17). The lowest BCUT2D eigenvalue weighted by molar-refractivity contribution is -0.120. The van der Waals surface area contributed by atoms with Crippen molar-refractivity contribution >= 4 is 33.2 Å². The van der Waals surface area contributed by atoms with Gasteiger partial charge < -0.3 is 10.2 Å². The van der Waals surface area contributed by atoms with E-state index in [1.165, 1.54) is 6.07 Å². The van der Waals surface area contributed by atoms with E-state index >= 15 is 0 Å². The first-order chi connectivity index (χ1) is 7.87. The van der Waals surface area contributed by atoms with Crippen molar-refractivity contribution in [3.63, 3.8) is 0 Å². The van der Waals surface area contributed by atoms with Crippen LogP contribution in [0.2, 0.25) is 0 Å². The van der Waals surface area contributed by atoms with Crippen LogP contribution in [0.3, 0.4) is 0 Å². The van der Waals surface area contributed by atoms with Crippen molar-refractivity contribution in [1.82, 2.24) is 0 Å². The summed E-state index contributed by atoms with van der Waals surface area (Å²) < 4.78 is 13.9. The molecule has 1 aromatic rings. The van der Waals surface area contributed by atoms with Crippen molar-refractivity contribution in [2.24, 2.45) is 0 Å². The van der Waals surface area contributed by atoms with Crippen LogP contribution in [0.25, 0.3) is 0 Å². The molecule has 0 aromatic heterocycles. The number of carbonyl (C=O) groups excluding carboxylic acids is 1. The van der Waals surface area contributed by atoms with Crippen molar-refractivity contribution in [2.75, 3.05) is 16.8 Å². The molecule has 0 fully saturated rings. The zero-order valence-electron chi connectivity index (χ0n) is 9.97. The molecule has 1 heterocycles. The van der Waals surface area contributed by atoms with E-state index < -0.39 is 5.54 Å². The molecule has 1 N–H and O–H groups in total. The van der Waals surface area contributed by atoms with Crippen LogP contribution < -0.4 is 10.2 Å². The van der Waals surface area contributed by atoms with Crippen molar-refractivity contribution in [1.29, 1.82) is 0 Å². The number of fused-ring (bicyclic) bond motifs is 1. The summed E-state index contributed by atoms with van der Waals surface area (Å²) in [5.41, 5.74) is 0.699. The van der Waals surface area contributed by atoms with Gasteiger partial charge in [-0.3, -0.25) is 4.79 Å². The molecule has 92 valence electrons. The number of rotatable bonds is 1. The predicted octanol–water partition coefficient (Wildman–Crippen LogP) is 3.15. The van der Waals surface area contributed by atoms with Gasteiger partial charge in [-0.05, 0) is 42.8 Å². The highest BCUT2D eigenvalue weighted by molar-refractivity contribution is 9.10. The first-order valence-corrected chi connectivity index (χ1v) is 6.25. The van der Waals surface area contributed by atoms with Gasteiger partial charge in [0, 0.05) is 12.6 Å². The molecular formula is C12H14BrFN2O. The third-order valence-electron chi connectivity index (χ3n) is 3.12. The van der Waals surface area contributed by atoms with Gasteiger partial charge in [0.1, 0.15) is 11.4 Å². The highest BCUT2D eigenvalue weighted by Crippen LogP contribution is 2.39. The summed E-state index contributed by atoms with van der Waals surface area (Å²) in [5.74, 6) is -0.403. The molecule has 5 heteroatoms. The predicted molar refractivity (Wildman–Crippen MR) is 69.8 cm³/mol. The number of likely N-dealkylation sites (N-methyl/N-ethyl adjacent to an activating group) is 1. The number of hydrogen-bond acceptors (Lipinski definition) is 2. The van der Waals surface area contributed by atoms with E-state index in [0.29, 0.717) is 16.7 Å². The van der Waals surface area contributed by atoms with E-state index in [1.54, 1.807) is 6.07 Å². The summed E-state index contributed by atoms with van der Waals surface area (Å²) in [6.45, 7) is 6.25. The van der Waals surface area contributed by atoms with Gasteiger partial charge in [0.25, 0.3) is 0 Å². The lowest BCUT2D eigenvalue weighted by atomic mass is 9.96.